The minimum absolute atomic E-state index is 0.320. The van der Waals surface area contributed by atoms with Gasteiger partial charge in [0.1, 0.15) is 11.3 Å². The highest BCUT2D eigenvalue weighted by molar-refractivity contribution is 6.31. The van der Waals surface area contributed by atoms with Crippen molar-refractivity contribution in [3.05, 3.63) is 52.4 Å². The highest BCUT2D eigenvalue weighted by Gasteiger charge is 2.13. The molecule has 5 heteroatoms. The maximum absolute atomic E-state index is 6.22. The molecule has 0 spiro atoms. The minimum atomic E-state index is 0.320. The summed E-state index contributed by atoms with van der Waals surface area (Å²) in [6.45, 7) is 3.93. The zero-order valence-electron chi connectivity index (χ0n) is 11.2. The van der Waals surface area contributed by atoms with Crippen LogP contribution in [0.3, 0.4) is 0 Å². The van der Waals surface area contributed by atoms with E-state index in [1.54, 1.807) is 0 Å². The number of aromatic nitrogens is 3. The van der Waals surface area contributed by atoms with Gasteiger partial charge in [-0.15, -0.1) is 11.6 Å². The maximum Gasteiger partial charge on any atom is 0.164 e. The molecule has 0 saturated carbocycles. The largest absolute Gasteiger partial charge is 0.280 e. The first kappa shape index (κ1) is 13.4. The predicted octanol–water partition coefficient (Wildman–Crippen LogP) is 4.43. The van der Waals surface area contributed by atoms with Crippen LogP contribution in [-0.4, -0.2) is 14.5 Å². The zero-order chi connectivity index (χ0) is 14.3. The molecular formula is C15H13Cl2N3. The van der Waals surface area contributed by atoms with Gasteiger partial charge in [-0.05, 0) is 43.7 Å². The lowest BCUT2D eigenvalue weighted by Crippen LogP contribution is -2.01. The van der Waals surface area contributed by atoms with E-state index in [0.717, 1.165) is 39.0 Å². The Morgan fingerprint density at radius 2 is 1.90 bits per heavy atom. The molecular weight excluding hydrogens is 293 g/mol. The van der Waals surface area contributed by atoms with Crippen LogP contribution in [0, 0.1) is 13.8 Å². The summed E-state index contributed by atoms with van der Waals surface area (Å²) in [5.74, 6) is 1.08. The summed E-state index contributed by atoms with van der Waals surface area (Å²) in [6.07, 6.45) is 0. The van der Waals surface area contributed by atoms with E-state index < -0.39 is 0 Å². The average Bonchev–Trinajstić information content (AvgIpc) is 2.79. The Morgan fingerprint density at radius 1 is 1.10 bits per heavy atom. The van der Waals surface area contributed by atoms with Crippen LogP contribution in [0.2, 0.25) is 5.02 Å². The second kappa shape index (κ2) is 5.08. The van der Waals surface area contributed by atoms with Gasteiger partial charge in [-0.3, -0.25) is 4.57 Å². The van der Waals surface area contributed by atoms with Gasteiger partial charge >= 0.3 is 0 Å². The topological polar surface area (TPSA) is 30.7 Å². The molecule has 0 amide bonds. The van der Waals surface area contributed by atoms with Crippen molar-refractivity contribution < 1.29 is 0 Å². The lowest BCUT2D eigenvalue weighted by atomic mass is 10.2. The van der Waals surface area contributed by atoms with Crippen molar-refractivity contribution in [2.24, 2.45) is 0 Å². The Kier molecular flexibility index (Phi) is 3.40. The number of pyridine rings is 1. The molecule has 2 aromatic heterocycles. The standard InChI is InChI=1S/C15H13Cl2N3/c1-9-3-5-11(7-12(9)17)20-14(8-16)19-13-6-4-10(2)18-15(13)20/h3-7H,8H2,1-2H3. The molecule has 0 radical (unpaired) electrons. The van der Waals surface area contributed by atoms with E-state index >= 15 is 0 Å². The summed E-state index contributed by atoms with van der Waals surface area (Å²) >= 11 is 12.2. The number of rotatable bonds is 2. The van der Waals surface area contributed by atoms with Crippen LogP contribution < -0.4 is 0 Å². The fourth-order valence-corrected chi connectivity index (χ4v) is 2.53. The fraction of sp³-hybridized carbons (Fsp3) is 0.200. The van der Waals surface area contributed by atoms with E-state index in [2.05, 4.69) is 9.97 Å². The number of nitrogens with zero attached hydrogens (tertiary/aromatic N) is 3. The second-order valence-corrected chi connectivity index (χ2v) is 5.40. The third kappa shape index (κ3) is 2.17. The van der Waals surface area contributed by atoms with Gasteiger partial charge in [0.05, 0.1) is 11.6 Å². The molecule has 20 heavy (non-hydrogen) atoms. The Balaban J connectivity index is 2.32. The monoisotopic (exact) mass is 305 g/mol. The second-order valence-electron chi connectivity index (χ2n) is 4.73. The van der Waals surface area contributed by atoms with Crippen molar-refractivity contribution in [1.82, 2.24) is 14.5 Å². The summed E-state index contributed by atoms with van der Waals surface area (Å²) < 4.78 is 1.96. The number of alkyl halides is 1. The first-order valence-electron chi connectivity index (χ1n) is 6.27. The van der Waals surface area contributed by atoms with Gasteiger partial charge in [-0.25, -0.2) is 9.97 Å². The van der Waals surface area contributed by atoms with Gasteiger partial charge in [0.2, 0.25) is 0 Å². The molecule has 0 unspecified atom stereocenters. The Hall–Kier alpha value is -1.58. The van der Waals surface area contributed by atoms with E-state index in [4.69, 9.17) is 23.2 Å². The van der Waals surface area contributed by atoms with E-state index in [0.29, 0.717) is 5.88 Å². The summed E-state index contributed by atoms with van der Waals surface area (Å²) in [7, 11) is 0. The van der Waals surface area contributed by atoms with Gasteiger partial charge in [0.15, 0.2) is 5.65 Å². The number of fused-ring (bicyclic) bond motifs is 1. The van der Waals surface area contributed by atoms with Gasteiger partial charge < -0.3 is 0 Å². The SMILES string of the molecule is Cc1ccc2nc(CCl)n(-c3ccc(C)c(Cl)c3)c2n1. The molecule has 0 aliphatic carbocycles. The highest BCUT2D eigenvalue weighted by Crippen LogP contribution is 2.25. The normalized spacial score (nSPS) is 11.2. The van der Waals surface area contributed by atoms with Crippen molar-refractivity contribution >= 4 is 34.4 Å². The average molecular weight is 306 g/mol. The van der Waals surface area contributed by atoms with Crippen LogP contribution in [0.1, 0.15) is 17.1 Å². The molecule has 0 saturated heterocycles. The van der Waals surface area contributed by atoms with Crippen molar-refractivity contribution in [1.29, 1.82) is 0 Å². The quantitative estimate of drug-likeness (QED) is 0.656. The molecule has 0 aliphatic heterocycles. The molecule has 102 valence electrons. The Morgan fingerprint density at radius 3 is 2.60 bits per heavy atom. The van der Waals surface area contributed by atoms with Gasteiger partial charge in [-0.2, -0.15) is 0 Å². The number of hydrogen-bond donors (Lipinski definition) is 0. The molecule has 3 aromatic rings. The van der Waals surface area contributed by atoms with Gasteiger partial charge in [0.25, 0.3) is 0 Å². The molecule has 0 fully saturated rings. The third-order valence-electron chi connectivity index (χ3n) is 3.25. The van der Waals surface area contributed by atoms with E-state index in [1.165, 1.54) is 0 Å². The van der Waals surface area contributed by atoms with Gasteiger partial charge in [-0.1, -0.05) is 17.7 Å². The fourth-order valence-electron chi connectivity index (χ4n) is 2.18. The van der Waals surface area contributed by atoms with Crippen LogP contribution >= 0.6 is 23.2 Å². The summed E-state index contributed by atoms with van der Waals surface area (Å²) in [5, 5.41) is 0.720. The number of benzene rings is 1. The van der Waals surface area contributed by atoms with Crippen molar-refractivity contribution in [2.75, 3.05) is 0 Å². The zero-order valence-corrected chi connectivity index (χ0v) is 12.7. The number of hydrogen-bond acceptors (Lipinski definition) is 2. The molecule has 1 aromatic carbocycles. The van der Waals surface area contributed by atoms with Crippen LogP contribution in [-0.2, 0) is 5.88 Å². The maximum atomic E-state index is 6.22. The first-order valence-corrected chi connectivity index (χ1v) is 7.19. The Labute approximate surface area is 127 Å². The Bertz CT molecular complexity index is 793. The summed E-state index contributed by atoms with van der Waals surface area (Å²) in [6, 6.07) is 9.80. The molecule has 0 atom stereocenters. The number of aryl methyl sites for hydroxylation is 2. The molecule has 0 bridgehead atoms. The third-order valence-corrected chi connectivity index (χ3v) is 3.89. The lowest BCUT2D eigenvalue weighted by Gasteiger charge is -2.09. The highest BCUT2D eigenvalue weighted by atomic mass is 35.5. The molecule has 2 heterocycles. The predicted molar refractivity (Wildman–Crippen MR) is 82.9 cm³/mol. The smallest absolute Gasteiger partial charge is 0.164 e. The van der Waals surface area contributed by atoms with Gasteiger partial charge in [0, 0.05) is 10.7 Å². The van der Waals surface area contributed by atoms with E-state index in [-0.39, 0.29) is 0 Å². The summed E-state index contributed by atoms with van der Waals surface area (Å²) in [4.78, 5) is 9.10. The number of imidazole rings is 1. The van der Waals surface area contributed by atoms with Crippen LogP contribution in [0.4, 0.5) is 0 Å². The molecule has 0 N–H and O–H groups in total. The summed E-state index contributed by atoms with van der Waals surface area (Å²) in [5.41, 5.74) is 4.55. The van der Waals surface area contributed by atoms with E-state index in [1.807, 2.05) is 48.7 Å². The van der Waals surface area contributed by atoms with Crippen LogP contribution in [0.5, 0.6) is 0 Å². The van der Waals surface area contributed by atoms with E-state index in [9.17, 15) is 0 Å². The van der Waals surface area contributed by atoms with Crippen LogP contribution in [0.15, 0.2) is 30.3 Å². The first-order chi connectivity index (χ1) is 9.60. The van der Waals surface area contributed by atoms with Crippen molar-refractivity contribution in [2.45, 2.75) is 19.7 Å². The number of halogens is 2. The van der Waals surface area contributed by atoms with Crippen LogP contribution in [0.25, 0.3) is 16.9 Å². The lowest BCUT2D eigenvalue weighted by molar-refractivity contribution is 0.966. The minimum Gasteiger partial charge on any atom is -0.280 e. The molecule has 3 nitrogen and oxygen atoms in total. The van der Waals surface area contributed by atoms with Crippen molar-refractivity contribution in [3.8, 4) is 5.69 Å². The molecule has 0 aliphatic rings. The molecule has 3 rings (SSSR count). The van der Waals surface area contributed by atoms with Crippen molar-refractivity contribution in [3.63, 3.8) is 0 Å².